The van der Waals surface area contributed by atoms with Gasteiger partial charge in [-0.15, -0.1) is 0 Å². The van der Waals surface area contributed by atoms with Crippen molar-refractivity contribution in [3.8, 4) is 5.75 Å². The number of aldehydes is 1. The molecule has 0 saturated carbocycles. The lowest BCUT2D eigenvalue weighted by Gasteiger charge is -2.08. The Bertz CT molecular complexity index is 733. The molecule has 1 heterocycles. The fourth-order valence-corrected chi connectivity index (χ4v) is 2.25. The molecule has 2 amide bonds. The number of carbonyl (C=O) groups is 3. The maximum absolute atomic E-state index is 11.7. The SMILES string of the molecule is O=Cc1c2c(c3ccccc3c1O)C(=O)NC2=O. The van der Waals surface area contributed by atoms with Crippen LogP contribution in [-0.2, 0) is 0 Å². The van der Waals surface area contributed by atoms with Gasteiger partial charge >= 0.3 is 0 Å². The van der Waals surface area contributed by atoms with Crippen LogP contribution in [0.5, 0.6) is 5.75 Å². The third kappa shape index (κ3) is 1.13. The Hall–Kier alpha value is -2.69. The number of amides is 2. The van der Waals surface area contributed by atoms with Gasteiger partial charge in [-0.25, -0.2) is 0 Å². The van der Waals surface area contributed by atoms with Crippen molar-refractivity contribution in [1.29, 1.82) is 0 Å². The van der Waals surface area contributed by atoms with Crippen LogP contribution < -0.4 is 5.32 Å². The van der Waals surface area contributed by atoms with E-state index in [0.717, 1.165) is 0 Å². The first kappa shape index (κ1) is 10.5. The summed E-state index contributed by atoms with van der Waals surface area (Å²) in [6.45, 7) is 0. The van der Waals surface area contributed by atoms with E-state index in [2.05, 4.69) is 5.32 Å². The predicted octanol–water partition coefficient (Wildman–Crippen LogP) is 1.24. The molecule has 2 aromatic carbocycles. The van der Waals surface area contributed by atoms with Gasteiger partial charge in [-0.2, -0.15) is 0 Å². The topological polar surface area (TPSA) is 83.5 Å². The van der Waals surface area contributed by atoms with E-state index in [1.807, 2.05) is 0 Å². The zero-order chi connectivity index (χ0) is 12.9. The van der Waals surface area contributed by atoms with Crippen LogP contribution in [0.1, 0.15) is 31.1 Å². The first-order valence-electron chi connectivity index (χ1n) is 5.23. The van der Waals surface area contributed by atoms with E-state index in [9.17, 15) is 19.5 Å². The van der Waals surface area contributed by atoms with Crippen LogP contribution in [0.4, 0.5) is 0 Å². The highest BCUT2D eigenvalue weighted by atomic mass is 16.3. The molecule has 0 spiro atoms. The van der Waals surface area contributed by atoms with E-state index in [1.54, 1.807) is 24.3 Å². The maximum atomic E-state index is 11.7. The summed E-state index contributed by atoms with van der Waals surface area (Å²) in [4.78, 5) is 34.4. The van der Waals surface area contributed by atoms with Crippen LogP contribution in [0.15, 0.2) is 24.3 Å². The van der Waals surface area contributed by atoms with E-state index < -0.39 is 11.8 Å². The quantitative estimate of drug-likeness (QED) is 0.581. The van der Waals surface area contributed by atoms with Gasteiger partial charge in [0.1, 0.15) is 5.75 Å². The molecule has 0 atom stereocenters. The summed E-state index contributed by atoms with van der Waals surface area (Å²) < 4.78 is 0. The fraction of sp³-hybridized carbons (Fsp3) is 0. The molecule has 3 rings (SSSR count). The molecular weight excluding hydrogens is 234 g/mol. The average molecular weight is 241 g/mol. The van der Waals surface area contributed by atoms with E-state index in [-0.39, 0.29) is 22.4 Å². The molecule has 2 N–H and O–H groups in total. The highest BCUT2D eigenvalue weighted by molar-refractivity contribution is 6.29. The Labute approximate surface area is 101 Å². The number of hydrogen-bond donors (Lipinski definition) is 2. The molecule has 0 aromatic heterocycles. The Balaban J connectivity index is 2.61. The zero-order valence-corrected chi connectivity index (χ0v) is 9.06. The Morgan fingerprint density at radius 1 is 1.00 bits per heavy atom. The van der Waals surface area contributed by atoms with Gasteiger partial charge in [-0.3, -0.25) is 19.7 Å². The minimum Gasteiger partial charge on any atom is -0.507 e. The number of nitrogens with one attached hydrogen (secondary N) is 1. The number of benzene rings is 2. The summed E-state index contributed by atoms with van der Waals surface area (Å²) in [5.41, 5.74) is -0.0475. The summed E-state index contributed by atoms with van der Waals surface area (Å²) in [6.07, 6.45) is 0.388. The first-order valence-corrected chi connectivity index (χ1v) is 5.23. The molecule has 0 radical (unpaired) electrons. The highest BCUT2D eigenvalue weighted by Gasteiger charge is 2.33. The Morgan fingerprint density at radius 3 is 2.28 bits per heavy atom. The molecule has 1 aliphatic rings. The van der Waals surface area contributed by atoms with Crippen LogP contribution in [0.25, 0.3) is 10.8 Å². The van der Waals surface area contributed by atoms with E-state index in [1.165, 1.54) is 0 Å². The number of imide groups is 1. The minimum atomic E-state index is -0.654. The summed E-state index contributed by atoms with van der Waals surface area (Å²) in [7, 11) is 0. The molecule has 5 heteroatoms. The highest BCUT2D eigenvalue weighted by Crippen LogP contribution is 2.36. The van der Waals surface area contributed by atoms with Crippen LogP contribution in [0, 0.1) is 0 Å². The van der Waals surface area contributed by atoms with Crippen LogP contribution >= 0.6 is 0 Å². The number of aromatic hydroxyl groups is 1. The third-order valence-corrected chi connectivity index (χ3v) is 3.03. The van der Waals surface area contributed by atoms with Crippen molar-refractivity contribution in [2.75, 3.05) is 0 Å². The molecule has 88 valence electrons. The van der Waals surface area contributed by atoms with Gasteiger partial charge in [0.25, 0.3) is 11.8 Å². The standard InChI is InChI=1S/C13H7NO4/c15-5-8-10-9(12(17)14-13(10)18)6-3-1-2-4-7(6)11(8)16/h1-5,16H,(H,14,17,18). The summed E-state index contributed by atoms with van der Waals surface area (Å²) in [5, 5.41) is 13.0. The van der Waals surface area contributed by atoms with Crippen molar-refractivity contribution >= 4 is 28.9 Å². The lowest BCUT2D eigenvalue weighted by molar-refractivity contribution is 0.0877. The normalized spacial score (nSPS) is 13.6. The van der Waals surface area contributed by atoms with E-state index in [0.29, 0.717) is 17.1 Å². The maximum Gasteiger partial charge on any atom is 0.259 e. The van der Waals surface area contributed by atoms with Gasteiger partial charge in [-0.1, -0.05) is 24.3 Å². The number of fused-ring (bicyclic) bond motifs is 3. The second kappa shape index (κ2) is 3.40. The first-order chi connectivity index (χ1) is 8.65. The van der Waals surface area contributed by atoms with Gasteiger partial charge in [0.05, 0.1) is 16.7 Å². The largest absolute Gasteiger partial charge is 0.507 e. The molecule has 2 aromatic rings. The van der Waals surface area contributed by atoms with Crippen LogP contribution in [-0.4, -0.2) is 23.2 Å². The second-order valence-corrected chi connectivity index (χ2v) is 3.96. The van der Waals surface area contributed by atoms with Gasteiger partial charge in [0.2, 0.25) is 0 Å². The number of phenolic OH excluding ortho intramolecular Hbond substituents is 1. The monoisotopic (exact) mass is 241 g/mol. The minimum absolute atomic E-state index is 0.0498. The second-order valence-electron chi connectivity index (χ2n) is 3.96. The fourth-order valence-electron chi connectivity index (χ4n) is 2.25. The van der Waals surface area contributed by atoms with Crippen LogP contribution in [0.2, 0.25) is 0 Å². The molecule has 1 aliphatic heterocycles. The zero-order valence-electron chi connectivity index (χ0n) is 9.06. The summed E-state index contributed by atoms with van der Waals surface area (Å²) in [6, 6.07) is 6.59. The predicted molar refractivity (Wildman–Crippen MR) is 62.8 cm³/mol. The van der Waals surface area contributed by atoms with Gasteiger partial charge in [-0.05, 0) is 5.39 Å². The van der Waals surface area contributed by atoms with Crippen molar-refractivity contribution in [3.05, 3.63) is 41.0 Å². The third-order valence-electron chi connectivity index (χ3n) is 3.03. The molecule has 18 heavy (non-hydrogen) atoms. The van der Waals surface area contributed by atoms with Crippen molar-refractivity contribution in [2.24, 2.45) is 0 Å². The lowest BCUT2D eigenvalue weighted by atomic mass is 9.95. The van der Waals surface area contributed by atoms with Gasteiger partial charge in [0, 0.05) is 5.39 Å². The van der Waals surface area contributed by atoms with Crippen molar-refractivity contribution < 1.29 is 19.5 Å². The number of phenols is 1. The van der Waals surface area contributed by atoms with Crippen LogP contribution in [0.3, 0.4) is 0 Å². The van der Waals surface area contributed by atoms with Crippen molar-refractivity contribution in [2.45, 2.75) is 0 Å². The molecule has 0 fully saturated rings. The van der Waals surface area contributed by atoms with Gasteiger partial charge in [0.15, 0.2) is 6.29 Å². The molecule has 5 nitrogen and oxygen atoms in total. The number of carbonyl (C=O) groups excluding carboxylic acids is 3. The van der Waals surface area contributed by atoms with Crippen molar-refractivity contribution in [3.63, 3.8) is 0 Å². The average Bonchev–Trinajstić information content (AvgIpc) is 2.66. The van der Waals surface area contributed by atoms with E-state index >= 15 is 0 Å². The number of hydrogen-bond acceptors (Lipinski definition) is 4. The Morgan fingerprint density at radius 2 is 1.61 bits per heavy atom. The van der Waals surface area contributed by atoms with Crippen molar-refractivity contribution in [1.82, 2.24) is 5.32 Å². The van der Waals surface area contributed by atoms with Gasteiger partial charge < -0.3 is 5.11 Å². The molecule has 0 saturated heterocycles. The van der Waals surface area contributed by atoms with E-state index in [4.69, 9.17) is 0 Å². The summed E-state index contributed by atoms with van der Waals surface area (Å²) >= 11 is 0. The Kier molecular flexibility index (Phi) is 1.98. The lowest BCUT2D eigenvalue weighted by Crippen LogP contribution is -2.20. The molecule has 0 unspecified atom stereocenters. The smallest absolute Gasteiger partial charge is 0.259 e. The number of rotatable bonds is 1. The molecule has 0 bridgehead atoms. The molecular formula is C13H7NO4. The summed E-state index contributed by atoms with van der Waals surface area (Å²) in [5.74, 6) is -1.48. The molecule has 0 aliphatic carbocycles.